The van der Waals surface area contributed by atoms with Gasteiger partial charge in [-0.2, -0.15) is 0 Å². The standard InChI is InChI=1S/C32H20N6/c1-5-13-27-23(9-1)24-10-2-6-14-28(24)37(27)31-33-17-21(18-34-31)22-19-35-32(36-20-22)38-29-15-7-3-11-25(29)26-12-4-8-16-30(26)38/h1-20H. The second-order valence-corrected chi connectivity index (χ2v) is 9.28. The molecule has 38 heavy (non-hydrogen) atoms. The number of nitrogens with zero attached hydrogens (tertiary/aromatic N) is 6. The van der Waals surface area contributed by atoms with Crippen molar-refractivity contribution in [2.75, 3.05) is 0 Å². The molecule has 0 bridgehead atoms. The lowest BCUT2D eigenvalue weighted by Gasteiger charge is -2.08. The molecule has 0 saturated carbocycles. The summed E-state index contributed by atoms with van der Waals surface area (Å²) in [6.07, 6.45) is 7.35. The van der Waals surface area contributed by atoms with Gasteiger partial charge in [0, 0.05) is 57.5 Å². The van der Waals surface area contributed by atoms with Crippen LogP contribution in [0.25, 0.3) is 66.6 Å². The highest BCUT2D eigenvalue weighted by Gasteiger charge is 2.15. The number of hydrogen-bond donors (Lipinski definition) is 0. The molecule has 0 fully saturated rings. The fraction of sp³-hybridized carbons (Fsp3) is 0. The zero-order chi connectivity index (χ0) is 25.1. The molecule has 0 radical (unpaired) electrons. The summed E-state index contributed by atoms with van der Waals surface area (Å²) >= 11 is 0. The zero-order valence-corrected chi connectivity index (χ0v) is 20.2. The maximum atomic E-state index is 4.74. The summed E-state index contributed by atoms with van der Waals surface area (Å²) in [5.74, 6) is 1.27. The molecule has 4 aromatic heterocycles. The van der Waals surface area contributed by atoms with Crippen molar-refractivity contribution in [1.29, 1.82) is 0 Å². The van der Waals surface area contributed by atoms with Crippen LogP contribution in [-0.2, 0) is 0 Å². The van der Waals surface area contributed by atoms with Gasteiger partial charge in [-0.3, -0.25) is 9.13 Å². The third-order valence-electron chi connectivity index (χ3n) is 7.17. The van der Waals surface area contributed by atoms with Crippen molar-refractivity contribution in [3.63, 3.8) is 0 Å². The van der Waals surface area contributed by atoms with Gasteiger partial charge in [0.25, 0.3) is 0 Å². The fourth-order valence-electron chi connectivity index (χ4n) is 5.45. The van der Waals surface area contributed by atoms with E-state index in [1.165, 1.54) is 21.5 Å². The number of aromatic nitrogens is 6. The van der Waals surface area contributed by atoms with Crippen LogP contribution in [0, 0.1) is 0 Å². The molecular formula is C32H20N6. The van der Waals surface area contributed by atoms with Crippen LogP contribution in [0.5, 0.6) is 0 Å². The highest BCUT2D eigenvalue weighted by molar-refractivity contribution is 6.09. The van der Waals surface area contributed by atoms with Crippen molar-refractivity contribution in [3.05, 3.63) is 122 Å². The summed E-state index contributed by atoms with van der Waals surface area (Å²) in [6, 6.07) is 33.4. The predicted molar refractivity (Wildman–Crippen MR) is 152 cm³/mol. The third kappa shape index (κ3) is 3.01. The van der Waals surface area contributed by atoms with E-state index >= 15 is 0 Å². The van der Waals surface area contributed by atoms with Gasteiger partial charge in [0.15, 0.2) is 0 Å². The van der Waals surface area contributed by atoms with Gasteiger partial charge >= 0.3 is 0 Å². The average Bonchev–Trinajstić information content (AvgIpc) is 3.51. The minimum atomic E-state index is 0.633. The Labute approximate surface area is 217 Å². The molecule has 8 rings (SSSR count). The summed E-state index contributed by atoms with van der Waals surface area (Å²) in [5, 5.41) is 4.74. The average molecular weight is 489 g/mol. The molecule has 4 heterocycles. The van der Waals surface area contributed by atoms with Gasteiger partial charge in [-0.1, -0.05) is 72.8 Å². The third-order valence-corrected chi connectivity index (χ3v) is 7.17. The Kier molecular flexibility index (Phi) is 4.42. The van der Waals surface area contributed by atoms with Crippen molar-refractivity contribution in [1.82, 2.24) is 29.1 Å². The van der Waals surface area contributed by atoms with Crippen LogP contribution in [0.2, 0.25) is 0 Å². The molecule has 8 aromatic rings. The van der Waals surface area contributed by atoms with Crippen LogP contribution in [0.15, 0.2) is 122 Å². The first-order chi connectivity index (χ1) is 18.9. The van der Waals surface area contributed by atoms with Crippen LogP contribution in [0.3, 0.4) is 0 Å². The normalized spacial score (nSPS) is 11.7. The van der Waals surface area contributed by atoms with Crippen molar-refractivity contribution in [3.8, 4) is 23.0 Å². The molecule has 0 spiro atoms. The number of fused-ring (bicyclic) bond motifs is 6. The largest absolute Gasteiger partial charge is 0.278 e. The van der Waals surface area contributed by atoms with E-state index in [1.54, 1.807) is 0 Å². The number of para-hydroxylation sites is 4. The Bertz CT molecular complexity index is 1860. The van der Waals surface area contributed by atoms with Crippen LogP contribution < -0.4 is 0 Å². The van der Waals surface area contributed by atoms with Gasteiger partial charge in [0.05, 0.1) is 22.1 Å². The van der Waals surface area contributed by atoms with E-state index in [0.717, 1.165) is 33.2 Å². The molecule has 178 valence electrons. The van der Waals surface area contributed by atoms with E-state index < -0.39 is 0 Å². The Morgan fingerprint density at radius 2 is 0.605 bits per heavy atom. The van der Waals surface area contributed by atoms with Crippen LogP contribution in [0.4, 0.5) is 0 Å². The Balaban J connectivity index is 1.20. The van der Waals surface area contributed by atoms with Crippen molar-refractivity contribution in [2.24, 2.45) is 0 Å². The molecule has 0 N–H and O–H groups in total. The van der Waals surface area contributed by atoms with E-state index in [-0.39, 0.29) is 0 Å². The lowest BCUT2D eigenvalue weighted by atomic mass is 10.2. The molecule has 0 unspecified atom stereocenters. The summed E-state index contributed by atoms with van der Waals surface area (Å²) in [7, 11) is 0. The predicted octanol–water partition coefficient (Wildman–Crippen LogP) is 7.13. The number of hydrogen-bond acceptors (Lipinski definition) is 4. The molecule has 6 nitrogen and oxygen atoms in total. The molecular weight excluding hydrogens is 468 g/mol. The molecule has 0 amide bonds. The number of rotatable bonds is 3. The highest BCUT2D eigenvalue weighted by Crippen LogP contribution is 2.32. The van der Waals surface area contributed by atoms with Gasteiger partial charge in [-0.15, -0.1) is 0 Å². The van der Waals surface area contributed by atoms with E-state index in [1.807, 2.05) is 49.1 Å². The monoisotopic (exact) mass is 488 g/mol. The first-order valence-corrected chi connectivity index (χ1v) is 12.5. The first-order valence-electron chi connectivity index (χ1n) is 12.5. The first kappa shape index (κ1) is 20.8. The molecule has 0 aliphatic heterocycles. The smallest absolute Gasteiger partial charge is 0.234 e. The van der Waals surface area contributed by atoms with Crippen LogP contribution in [-0.4, -0.2) is 29.1 Å². The quantitative estimate of drug-likeness (QED) is 0.265. The second-order valence-electron chi connectivity index (χ2n) is 9.28. The van der Waals surface area contributed by atoms with E-state index in [2.05, 4.69) is 81.9 Å². The maximum Gasteiger partial charge on any atom is 0.234 e. The molecule has 0 aliphatic carbocycles. The fourth-order valence-corrected chi connectivity index (χ4v) is 5.45. The lowest BCUT2D eigenvalue weighted by Crippen LogP contribution is -2.02. The minimum absolute atomic E-state index is 0.633. The zero-order valence-electron chi connectivity index (χ0n) is 20.2. The second kappa shape index (κ2) is 8.08. The van der Waals surface area contributed by atoms with Crippen molar-refractivity contribution >= 4 is 43.6 Å². The Morgan fingerprint density at radius 1 is 0.342 bits per heavy atom. The summed E-state index contributed by atoms with van der Waals surface area (Å²) in [4.78, 5) is 19.0. The highest BCUT2D eigenvalue weighted by atomic mass is 15.2. The molecule has 4 aromatic carbocycles. The summed E-state index contributed by atoms with van der Waals surface area (Å²) in [6.45, 7) is 0. The Morgan fingerprint density at radius 3 is 0.895 bits per heavy atom. The van der Waals surface area contributed by atoms with Crippen LogP contribution >= 0.6 is 0 Å². The van der Waals surface area contributed by atoms with Gasteiger partial charge in [-0.05, 0) is 24.3 Å². The van der Waals surface area contributed by atoms with Gasteiger partial charge in [0.1, 0.15) is 0 Å². The van der Waals surface area contributed by atoms with E-state index in [0.29, 0.717) is 11.9 Å². The minimum Gasteiger partial charge on any atom is -0.278 e. The molecule has 0 atom stereocenters. The van der Waals surface area contributed by atoms with Gasteiger partial charge < -0.3 is 0 Å². The van der Waals surface area contributed by atoms with E-state index in [9.17, 15) is 0 Å². The summed E-state index contributed by atoms with van der Waals surface area (Å²) in [5.41, 5.74) is 6.06. The molecule has 0 saturated heterocycles. The van der Waals surface area contributed by atoms with Crippen molar-refractivity contribution < 1.29 is 0 Å². The Hall–Kier alpha value is -5.36. The number of benzene rings is 4. The molecule has 6 heteroatoms. The van der Waals surface area contributed by atoms with E-state index in [4.69, 9.17) is 19.9 Å². The lowest BCUT2D eigenvalue weighted by molar-refractivity contribution is 0.978. The maximum absolute atomic E-state index is 4.74. The van der Waals surface area contributed by atoms with Crippen molar-refractivity contribution in [2.45, 2.75) is 0 Å². The summed E-state index contributed by atoms with van der Waals surface area (Å²) < 4.78 is 4.21. The van der Waals surface area contributed by atoms with Gasteiger partial charge in [0.2, 0.25) is 11.9 Å². The van der Waals surface area contributed by atoms with Crippen LogP contribution in [0.1, 0.15) is 0 Å². The van der Waals surface area contributed by atoms with Gasteiger partial charge in [-0.25, -0.2) is 19.9 Å². The topological polar surface area (TPSA) is 61.4 Å². The molecule has 0 aliphatic rings. The SMILES string of the molecule is c1ccc2c(c1)c1ccccc1n2-c1ncc(-c2cnc(-n3c4ccccc4c4ccccc43)nc2)cn1.